The normalized spacial score (nSPS) is 11.1. The van der Waals surface area contributed by atoms with E-state index in [9.17, 15) is 12.8 Å². The summed E-state index contributed by atoms with van der Waals surface area (Å²) >= 11 is 5.48. The highest BCUT2D eigenvalue weighted by molar-refractivity contribution is 7.91. The third kappa shape index (κ3) is 5.94. The van der Waals surface area contributed by atoms with Gasteiger partial charge in [-0.1, -0.05) is 11.8 Å². The summed E-state index contributed by atoms with van der Waals surface area (Å²) in [5, 5.41) is -0.447. The van der Waals surface area contributed by atoms with Crippen molar-refractivity contribution in [1.82, 2.24) is 0 Å². The first kappa shape index (κ1) is 17.8. The fourth-order valence-corrected chi connectivity index (χ4v) is 2.28. The van der Waals surface area contributed by atoms with Crippen LogP contribution in [0.1, 0.15) is 25.8 Å². The number of halogens is 2. The van der Waals surface area contributed by atoms with E-state index in [0.29, 0.717) is 12.3 Å². The van der Waals surface area contributed by atoms with Crippen molar-refractivity contribution in [2.24, 2.45) is 0 Å². The Hall–Kier alpha value is -1.25. The van der Waals surface area contributed by atoms with E-state index in [-0.39, 0.29) is 23.7 Å². The van der Waals surface area contributed by atoms with Crippen molar-refractivity contribution in [2.75, 3.05) is 18.2 Å². The van der Waals surface area contributed by atoms with Crippen LogP contribution in [0.2, 0.25) is 0 Å². The second-order valence-corrected chi connectivity index (χ2v) is 7.70. The number of ether oxygens (including phenoxy) is 1. The first-order valence-electron chi connectivity index (χ1n) is 6.55. The van der Waals surface area contributed by atoms with E-state index in [0.717, 1.165) is 0 Å². The van der Waals surface area contributed by atoms with Crippen LogP contribution < -0.4 is 4.74 Å². The van der Waals surface area contributed by atoms with E-state index in [1.54, 1.807) is 19.9 Å². The minimum atomic E-state index is -3.16. The molecule has 0 unspecified atom stereocenters. The van der Waals surface area contributed by atoms with Crippen LogP contribution in [-0.2, 0) is 9.84 Å². The highest BCUT2D eigenvalue weighted by Crippen LogP contribution is 2.16. The Balaban J connectivity index is 2.63. The van der Waals surface area contributed by atoms with Gasteiger partial charge < -0.3 is 4.74 Å². The third-order valence-corrected chi connectivity index (χ3v) is 5.10. The van der Waals surface area contributed by atoms with Crippen LogP contribution in [0.25, 0.3) is 0 Å². The summed E-state index contributed by atoms with van der Waals surface area (Å²) < 4.78 is 42.2. The first-order valence-corrected chi connectivity index (χ1v) is 8.80. The van der Waals surface area contributed by atoms with E-state index >= 15 is 0 Å². The molecule has 21 heavy (non-hydrogen) atoms. The molecular formula is C15H18ClFO3S. The minimum absolute atomic E-state index is 0.00275. The lowest BCUT2D eigenvalue weighted by atomic mass is 10.2. The number of rotatable bonds is 6. The summed E-state index contributed by atoms with van der Waals surface area (Å²) in [5.41, 5.74) is 0.266. The molecule has 0 aliphatic carbocycles. The predicted octanol–water partition coefficient (Wildman–Crippen LogP) is 3.01. The zero-order valence-electron chi connectivity index (χ0n) is 12.0. The largest absolute Gasteiger partial charge is 0.492 e. The molecule has 0 N–H and O–H groups in total. The Labute approximate surface area is 130 Å². The van der Waals surface area contributed by atoms with Crippen molar-refractivity contribution in [1.29, 1.82) is 0 Å². The summed E-state index contributed by atoms with van der Waals surface area (Å²) in [4.78, 5) is 0. The Morgan fingerprint density at radius 3 is 2.67 bits per heavy atom. The third-order valence-electron chi connectivity index (χ3n) is 2.74. The highest BCUT2D eigenvalue weighted by Gasteiger charge is 2.15. The molecule has 0 saturated carbocycles. The number of benzene rings is 1. The molecule has 0 heterocycles. The molecule has 1 aromatic carbocycles. The zero-order chi connectivity index (χ0) is 15.9. The molecule has 6 heteroatoms. The van der Waals surface area contributed by atoms with Crippen molar-refractivity contribution < 1.29 is 17.5 Å². The van der Waals surface area contributed by atoms with Gasteiger partial charge in [0.1, 0.15) is 18.2 Å². The first-order chi connectivity index (χ1) is 9.86. The van der Waals surface area contributed by atoms with Crippen LogP contribution in [-0.4, -0.2) is 31.9 Å². The lowest BCUT2D eigenvalue weighted by Crippen LogP contribution is -2.22. The van der Waals surface area contributed by atoms with Crippen LogP contribution >= 0.6 is 11.6 Å². The second-order valence-electron chi connectivity index (χ2n) is 4.65. The van der Waals surface area contributed by atoms with Crippen LogP contribution in [0.5, 0.6) is 5.75 Å². The molecule has 116 valence electrons. The molecule has 0 fully saturated rings. The maximum atomic E-state index is 13.7. The lowest BCUT2D eigenvalue weighted by Gasteiger charge is -2.09. The van der Waals surface area contributed by atoms with Crippen LogP contribution in [0.3, 0.4) is 0 Å². The molecule has 0 aliphatic heterocycles. The summed E-state index contributed by atoms with van der Waals surface area (Å²) in [5.74, 6) is 5.52. The van der Waals surface area contributed by atoms with E-state index in [1.807, 2.05) is 0 Å². The topological polar surface area (TPSA) is 43.4 Å². The van der Waals surface area contributed by atoms with Crippen molar-refractivity contribution >= 4 is 21.4 Å². The van der Waals surface area contributed by atoms with Gasteiger partial charge in [0.15, 0.2) is 9.84 Å². The Bertz CT molecular complexity index is 630. The van der Waals surface area contributed by atoms with Gasteiger partial charge in [0.2, 0.25) is 0 Å². The van der Waals surface area contributed by atoms with Gasteiger partial charge in [0.05, 0.1) is 16.6 Å². The van der Waals surface area contributed by atoms with E-state index in [4.69, 9.17) is 16.3 Å². The van der Waals surface area contributed by atoms with Gasteiger partial charge in [-0.25, -0.2) is 12.8 Å². The average Bonchev–Trinajstić information content (AvgIpc) is 2.41. The van der Waals surface area contributed by atoms with Crippen LogP contribution in [0, 0.1) is 17.7 Å². The fraction of sp³-hybridized carbons (Fsp3) is 0.467. The second kappa shape index (κ2) is 8.26. The molecule has 0 spiro atoms. The standard InChI is InChI=1S/C15H18ClFO3S/c1-12(2)21(18,19)10-9-20-14-7-6-13(15(17)11-14)5-3-4-8-16/h6-7,11-12H,4,8-10H2,1-2H3. The Kier molecular flexibility index (Phi) is 7.00. The summed E-state index contributed by atoms with van der Waals surface area (Å²) in [6.07, 6.45) is 0.492. The van der Waals surface area contributed by atoms with Gasteiger partial charge >= 0.3 is 0 Å². The molecule has 0 aromatic heterocycles. The fourth-order valence-electron chi connectivity index (χ4n) is 1.40. The molecule has 0 saturated heterocycles. The van der Waals surface area contributed by atoms with Gasteiger partial charge in [-0.2, -0.15) is 0 Å². The van der Waals surface area contributed by atoms with Crippen molar-refractivity contribution in [2.45, 2.75) is 25.5 Å². The van der Waals surface area contributed by atoms with Gasteiger partial charge in [0, 0.05) is 18.4 Å². The van der Waals surface area contributed by atoms with Gasteiger partial charge in [-0.15, -0.1) is 11.6 Å². The number of alkyl halides is 1. The Morgan fingerprint density at radius 2 is 2.10 bits per heavy atom. The van der Waals surface area contributed by atoms with Crippen LogP contribution in [0.4, 0.5) is 4.39 Å². The monoisotopic (exact) mass is 332 g/mol. The van der Waals surface area contributed by atoms with Gasteiger partial charge in [-0.05, 0) is 26.0 Å². The maximum absolute atomic E-state index is 13.7. The molecule has 0 aliphatic rings. The van der Waals surface area contributed by atoms with Crippen molar-refractivity contribution in [3.05, 3.63) is 29.6 Å². The maximum Gasteiger partial charge on any atom is 0.155 e. The highest BCUT2D eigenvalue weighted by atomic mass is 35.5. The van der Waals surface area contributed by atoms with Gasteiger partial charge in [-0.3, -0.25) is 0 Å². The molecule has 3 nitrogen and oxygen atoms in total. The van der Waals surface area contributed by atoms with Crippen molar-refractivity contribution in [3.63, 3.8) is 0 Å². The number of hydrogen-bond acceptors (Lipinski definition) is 3. The van der Waals surface area contributed by atoms with Crippen LogP contribution in [0.15, 0.2) is 18.2 Å². The minimum Gasteiger partial charge on any atom is -0.492 e. The number of hydrogen-bond donors (Lipinski definition) is 0. The molecule has 0 bridgehead atoms. The lowest BCUT2D eigenvalue weighted by molar-refractivity contribution is 0.338. The molecule has 1 aromatic rings. The smallest absolute Gasteiger partial charge is 0.155 e. The van der Waals surface area contributed by atoms with Crippen molar-refractivity contribution in [3.8, 4) is 17.6 Å². The predicted molar refractivity (Wildman–Crippen MR) is 83.0 cm³/mol. The number of sulfone groups is 1. The summed E-state index contributed by atoms with van der Waals surface area (Å²) in [7, 11) is -3.16. The Morgan fingerprint density at radius 1 is 1.38 bits per heavy atom. The van der Waals surface area contributed by atoms with E-state index < -0.39 is 20.9 Å². The SMILES string of the molecule is CC(C)S(=O)(=O)CCOc1ccc(C#CCCCl)c(F)c1. The zero-order valence-corrected chi connectivity index (χ0v) is 13.6. The van der Waals surface area contributed by atoms with E-state index in [1.165, 1.54) is 12.1 Å². The van der Waals surface area contributed by atoms with E-state index in [2.05, 4.69) is 11.8 Å². The summed E-state index contributed by atoms with van der Waals surface area (Å²) in [6.45, 7) is 3.23. The molecule has 1 rings (SSSR count). The molecule has 0 amide bonds. The molecule has 0 radical (unpaired) electrons. The quantitative estimate of drug-likeness (QED) is 0.594. The summed E-state index contributed by atoms with van der Waals surface area (Å²) in [6, 6.07) is 4.27. The van der Waals surface area contributed by atoms with Gasteiger partial charge in [0.25, 0.3) is 0 Å². The molecule has 0 atom stereocenters. The average molecular weight is 333 g/mol. The molecular weight excluding hydrogens is 315 g/mol.